The Morgan fingerprint density at radius 3 is 2.56 bits per heavy atom. The van der Waals surface area contributed by atoms with Crippen LogP contribution >= 0.6 is 0 Å². The van der Waals surface area contributed by atoms with Gasteiger partial charge in [0.05, 0.1) is 6.61 Å². The highest BCUT2D eigenvalue weighted by Crippen LogP contribution is 2.18. The summed E-state index contributed by atoms with van der Waals surface area (Å²) >= 11 is 0. The van der Waals surface area contributed by atoms with Crippen molar-refractivity contribution in [1.82, 2.24) is 0 Å². The van der Waals surface area contributed by atoms with Crippen LogP contribution in [0.1, 0.15) is 29.8 Å². The zero-order valence-corrected chi connectivity index (χ0v) is 14.6. The Kier molecular flexibility index (Phi) is 5.30. The van der Waals surface area contributed by atoms with Gasteiger partial charge in [-0.1, -0.05) is 68.5 Å². The van der Waals surface area contributed by atoms with Crippen molar-refractivity contribution >= 4 is 22.6 Å². The van der Waals surface area contributed by atoms with Crippen molar-refractivity contribution in [1.29, 1.82) is 0 Å². The molecule has 0 atom stereocenters. The summed E-state index contributed by atoms with van der Waals surface area (Å²) in [5.41, 5.74) is 1.65. The number of allylic oxidation sites excluding steroid dienone is 1. The monoisotopic (exact) mass is 330 g/mol. The largest absolute Gasteiger partial charge is 0.493 e. The van der Waals surface area contributed by atoms with Gasteiger partial charge in [0.15, 0.2) is 5.78 Å². The minimum absolute atomic E-state index is 0.000690. The average Bonchev–Trinajstić information content (AvgIpc) is 2.64. The van der Waals surface area contributed by atoms with Crippen LogP contribution in [0.4, 0.5) is 0 Å². The van der Waals surface area contributed by atoms with Crippen LogP contribution in [0.2, 0.25) is 0 Å². The zero-order chi connectivity index (χ0) is 17.6. The predicted octanol–water partition coefficient (Wildman–Crippen LogP) is 5.77. The van der Waals surface area contributed by atoms with Gasteiger partial charge < -0.3 is 4.74 Å². The molecule has 0 N–H and O–H groups in total. The first kappa shape index (κ1) is 17.0. The molecule has 0 aliphatic heterocycles. The average molecular weight is 330 g/mol. The van der Waals surface area contributed by atoms with Crippen molar-refractivity contribution in [2.45, 2.75) is 13.8 Å². The number of ether oxygens (including phenoxy) is 1. The van der Waals surface area contributed by atoms with E-state index in [1.807, 2.05) is 72.8 Å². The van der Waals surface area contributed by atoms with E-state index in [0.717, 1.165) is 22.1 Å². The lowest BCUT2D eigenvalue weighted by atomic mass is 10.0. The molecule has 0 heterocycles. The first-order valence-corrected chi connectivity index (χ1v) is 8.56. The number of hydrogen-bond donors (Lipinski definition) is 0. The third-order valence-corrected chi connectivity index (χ3v) is 3.90. The maximum atomic E-state index is 12.4. The smallest absolute Gasteiger partial charge is 0.185 e. The quantitative estimate of drug-likeness (QED) is 0.423. The van der Waals surface area contributed by atoms with Crippen molar-refractivity contribution < 1.29 is 9.53 Å². The number of hydrogen-bond acceptors (Lipinski definition) is 2. The summed E-state index contributed by atoms with van der Waals surface area (Å²) in [6.07, 6.45) is 3.45. The molecule has 0 aliphatic rings. The van der Waals surface area contributed by atoms with Gasteiger partial charge in [0, 0.05) is 5.56 Å². The highest BCUT2D eigenvalue weighted by molar-refractivity contribution is 6.08. The second kappa shape index (κ2) is 7.80. The van der Waals surface area contributed by atoms with Crippen LogP contribution in [0, 0.1) is 5.92 Å². The van der Waals surface area contributed by atoms with E-state index in [4.69, 9.17) is 4.74 Å². The normalized spacial score (nSPS) is 11.3. The molecule has 0 saturated heterocycles. The molecular formula is C23H22O2. The Hall–Kier alpha value is -2.87. The summed E-state index contributed by atoms with van der Waals surface area (Å²) in [6.45, 7) is 4.92. The van der Waals surface area contributed by atoms with Crippen molar-refractivity contribution in [3.8, 4) is 5.75 Å². The molecule has 0 unspecified atom stereocenters. The molecule has 0 saturated carbocycles. The summed E-state index contributed by atoms with van der Waals surface area (Å²) in [4.78, 5) is 12.4. The third kappa shape index (κ3) is 4.57. The fraction of sp³-hybridized carbons (Fsp3) is 0.174. The molecule has 25 heavy (non-hydrogen) atoms. The van der Waals surface area contributed by atoms with Crippen LogP contribution in [0.25, 0.3) is 16.8 Å². The molecule has 3 rings (SSSR count). The van der Waals surface area contributed by atoms with E-state index < -0.39 is 0 Å². The highest BCUT2D eigenvalue weighted by Gasteiger charge is 2.03. The van der Waals surface area contributed by atoms with Gasteiger partial charge in [-0.05, 0) is 46.5 Å². The lowest BCUT2D eigenvalue weighted by Gasteiger charge is -2.08. The van der Waals surface area contributed by atoms with E-state index in [2.05, 4.69) is 13.8 Å². The standard InChI is InChI=1S/C23H22O2/c1-17(2)16-25-22-9-5-6-18(14-22)10-13-23(24)21-12-11-19-7-3-4-8-20(19)15-21/h3-15,17H,16H2,1-2H3/b13-10+. The molecule has 3 aromatic rings. The minimum atomic E-state index is -0.000690. The molecule has 0 aliphatic carbocycles. The summed E-state index contributed by atoms with van der Waals surface area (Å²) in [7, 11) is 0. The van der Waals surface area contributed by atoms with Gasteiger partial charge in [0.25, 0.3) is 0 Å². The second-order valence-corrected chi connectivity index (χ2v) is 6.54. The van der Waals surface area contributed by atoms with Gasteiger partial charge in [-0.25, -0.2) is 0 Å². The van der Waals surface area contributed by atoms with Gasteiger partial charge >= 0.3 is 0 Å². The van der Waals surface area contributed by atoms with Crippen LogP contribution in [0.5, 0.6) is 5.75 Å². The Balaban J connectivity index is 1.74. The molecule has 0 bridgehead atoms. The maximum Gasteiger partial charge on any atom is 0.185 e. The van der Waals surface area contributed by atoms with E-state index in [1.165, 1.54) is 0 Å². The fourth-order valence-electron chi connectivity index (χ4n) is 2.58. The van der Waals surface area contributed by atoms with Crippen molar-refractivity contribution in [2.75, 3.05) is 6.61 Å². The van der Waals surface area contributed by atoms with Gasteiger partial charge in [0.2, 0.25) is 0 Å². The molecule has 126 valence electrons. The van der Waals surface area contributed by atoms with Gasteiger partial charge in [-0.15, -0.1) is 0 Å². The number of fused-ring (bicyclic) bond motifs is 1. The first-order valence-electron chi connectivity index (χ1n) is 8.56. The van der Waals surface area contributed by atoms with Crippen molar-refractivity contribution in [2.24, 2.45) is 5.92 Å². The number of carbonyl (C=O) groups is 1. The predicted molar refractivity (Wildman–Crippen MR) is 104 cm³/mol. The van der Waals surface area contributed by atoms with Gasteiger partial charge in [0.1, 0.15) is 5.75 Å². The van der Waals surface area contributed by atoms with Crippen molar-refractivity contribution in [3.63, 3.8) is 0 Å². The van der Waals surface area contributed by atoms with Crippen LogP contribution < -0.4 is 4.74 Å². The minimum Gasteiger partial charge on any atom is -0.493 e. The second-order valence-electron chi connectivity index (χ2n) is 6.54. The molecule has 0 radical (unpaired) electrons. The van der Waals surface area contributed by atoms with E-state index >= 15 is 0 Å². The summed E-state index contributed by atoms with van der Waals surface area (Å²) in [5, 5.41) is 2.21. The van der Waals surface area contributed by atoms with Crippen LogP contribution in [0.15, 0.2) is 72.8 Å². The SMILES string of the molecule is CC(C)COc1cccc(/C=C/C(=O)c2ccc3ccccc3c2)c1. The van der Waals surface area contributed by atoms with Crippen LogP contribution in [0.3, 0.4) is 0 Å². The third-order valence-electron chi connectivity index (χ3n) is 3.90. The Labute approximate surface area is 148 Å². The number of benzene rings is 3. The van der Waals surface area contributed by atoms with Gasteiger partial charge in [-0.2, -0.15) is 0 Å². The number of rotatable bonds is 6. The van der Waals surface area contributed by atoms with Crippen LogP contribution in [-0.4, -0.2) is 12.4 Å². The Morgan fingerprint density at radius 1 is 0.960 bits per heavy atom. The molecule has 0 amide bonds. The first-order chi connectivity index (χ1) is 12.1. The van der Waals surface area contributed by atoms with Gasteiger partial charge in [-0.3, -0.25) is 4.79 Å². The van der Waals surface area contributed by atoms with E-state index in [1.54, 1.807) is 6.08 Å². The molecule has 2 nitrogen and oxygen atoms in total. The van der Waals surface area contributed by atoms with E-state index in [0.29, 0.717) is 18.1 Å². The fourth-order valence-corrected chi connectivity index (χ4v) is 2.58. The number of ketones is 1. The lowest BCUT2D eigenvalue weighted by molar-refractivity contribution is 0.104. The molecule has 0 fully saturated rings. The maximum absolute atomic E-state index is 12.4. The summed E-state index contributed by atoms with van der Waals surface area (Å²) in [5.74, 6) is 1.31. The van der Waals surface area contributed by atoms with Crippen molar-refractivity contribution in [3.05, 3.63) is 83.9 Å². The summed E-state index contributed by atoms with van der Waals surface area (Å²) in [6, 6.07) is 21.6. The summed E-state index contributed by atoms with van der Waals surface area (Å²) < 4.78 is 5.73. The van der Waals surface area contributed by atoms with Crippen LogP contribution in [-0.2, 0) is 0 Å². The number of carbonyl (C=O) groups excluding carboxylic acids is 1. The lowest BCUT2D eigenvalue weighted by Crippen LogP contribution is -2.04. The molecule has 2 heteroatoms. The Bertz CT molecular complexity index is 907. The Morgan fingerprint density at radius 2 is 1.76 bits per heavy atom. The molecule has 0 aromatic heterocycles. The molecule has 3 aromatic carbocycles. The zero-order valence-electron chi connectivity index (χ0n) is 14.6. The van der Waals surface area contributed by atoms with E-state index in [9.17, 15) is 4.79 Å². The molecule has 0 spiro atoms. The van der Waals surface area contributed by atoms with E-state index in [-0.39, 0.29) is 5.78 Å². The topological polar surface area (TPSA) is 26.3 Å². The highest BCUT2D eigenvalue weighted by atomic mass is 16.5. The molecular weight excluding hydrogens is 308 g/mol.